The van der Waals surface area contributed by atoms with E-state index in [1.165, 1.54) is 0 Å². The molecule has 15 heavy (non-hydrogen) atoms. The Kier molecular flexibility index (Phi) is 5.05. The van der Waals surface area contributed by atoms with Crippen LogP contribution in [0.3, 0.4) is 0 Å². The van der Waals surface area contributed by atoms with Crippen LogP contribution >= 0.6 is 15.9 Å². The Morgan fingerprint density at radius 1 is 1.47 bits per heavy atom. The van der Waals surface area contributed by atoms with Crippen LogP contribution in [0.25, 0.3) is 0 Å². The van der Waals surface area contributed by atoms with Crippen molar-refractivity contribution >= 4 is 21.6 Å². The van der Waals surface area contributed by atoms with Gasteiger partial charge >= 0.3 is 0 Å². The molecule has 0 fully saturated rings. The molecule has 0 aromatic carbocycles. The van der Waals surface area contributed by atoms with E-state index in [1.807, 2.05) is 33.2 Å². The van der Waals surface area contributed by atoms with E-state index in [9.17, 15) is 0 Å². The summed E-state index contributed by atoms with van der Waals surface area (Å²) in [5.74, 6) is 0. The van der Waals surface area contributed by atoms with E-state index in [4.69, 9.17) is 4.74 Å². The lowest BCUT2D eigenvalue weighted by Crippen LogP contribution is -2.23. The molecule has 0 bridgehead atoms. The van der Waals surface area contributed by atoms with Gasteiger partial charge in [0.1, 0.15) is 0 Å². The van der Waals surface area contributed by atoms with Gasteiger partial charge in [-0.15, -0.1) is 0 Å². The molecule has 0 N–H and O–H groups in total. The zero-order chi connectivity index (χ0) is 11.3. The maximum atomic E-state index is 5.49. The summed E-state index contributed by atoms with van der Waals surface area (Å²) < 4.78 is 6.49. The second-order valence-corrected chi connectivity index (χ2v) is 4.62. The van der Waals surface area contributed by atoms with Crippen molar-refractivity contribution < 1.29 is 4.74 Å². The number of hydrogen-bond acceptors (Lipinski definition) is 3. The molecule has 84 valence electrons. The molecule has 3 nitrogen and oxygen atoms in total. The van der Waals surface area contributed by atoms with Crippen LogP contribution in [-0.4, -0.2) is 31.3 Å². The third kappa shape index (κ3) is 4.62. The minimum atomic E-state index is 0.291. The second-order valence-electron chi connectivity index (χ2n) is 3.70. The highest BCUT2D eigenvalue weighted by molar-refractivity contribution is 9.10. The predicted octanol–water partition coefficient (Wildman–Crippen LogP) is 2.71. The van der Waals surface area contributed by atoms with Gasteiger partial charge in [0.2, 0.25) is 0 Å². The van der Waals surface area contributed by atoms with Crippen molar-refractivity contribution in [3.8, 4) is 0 Å². The van der Waals surface area contributed by atoms with Gasteiger partial charge in [-0.1, -0.05) is 0 Å². The quantitative estimate of drug-likeness (QED) is 0.824. The van der Waals surface area contributed by atoms with E-state index in [2.05, 4.69) is 25.8 Å². The van der Waals surface area contributed by atoms with Gasteiger partial charge in [0, 0.05) is 24.3 Å². The Morgan fingerprint density at radius 3 is 2.80 bits per heavy atom. The average Bonchev–Trinajstić information content (AvgIpc) is 2.17. The van der Waals surface area contributed by atoms with Gasteiger partial charge in [-0.2, -0.15) is 0 Å². The Bertz CT molecular complexity index is 304. The summed E-state index contributed by atoms with van der Waals surface area (Å²) in [5, 5.41) is 0. The number of hydrogen-bond donors (Lipinski definition) is 0. The summed E-state index contributed by atoms with van der Waals surface area (Å²) in [5.41, 5.74) is 1.09. The normalized spacial score (nSPS) is 10.7. The molecule has 0 atom stereocenters. The molecule has 0 radical (unpaired) electrons. The lowest BCUT2D eigenvalue weighted by Gasteiger charge is -2.19. The van der Waals surface area contributed by atoms with Crippen LogP contribution in [0.2, 0.25) is 0 Å². The zero-order valence-corrected chi connectivity index (χ0v) is 11.0. The minimum absolute atomic E-state index is 0.291. The Hall–Kier alpha value is -0.610. The van der Waals surface area contributed by atoms with Crippen LogP contribution in [0.15, 0.2) is 22.9 Å². The first-order valence-corrected chi connectivity index (χ1v) is 5.82. The van der Waals surface area contributed by atoms with Gasteiger partial charge in [0.25, 0.3) is 0 Å². The molecular weight excluding hydrogens is 256 g/mol. The second kappa shape index (κ2) is 6.08. The molecule has 0 aliphatic rings. The predicted molar refractivity (Wildman–Crippen MR) is 66.3 cm³/mol. The summed E-state index contributed by atoms with van der Waals surface area (Å²) in [6, 6.07) is 2.04. The van der Waals surface area contributed by atoms with E-state index in [0.717, 1.165) is 23.3 Å². The zero-order valence-electron chi connectivity index (χ0n) is 9.40. The van der Waals surface area contributed by atoms with E-state index in [0.29, 0.717) is 6.10 Å². The summed E-state index contributed by atoms with van der Waals surface area (Å²) in [6.45, 7) is 5.69. The molecule has 0 aliphatic carbocycles. The van der Waals surface area contributed by atoms with Crippen LogP contribution in [-0.2, 0) is 4.74 Å². The van der Waals surface area contributed by atoms with Gasteiger partial charge in [-0.3, -0.25) is 4.98 Å². The van der Waals surface area contributed by atoms with E-state index in [1.54, 1.807) is 6.20 Å². The van der Waals surface area contributed by atoms with Gasteiger partial charge < -0.3 is 9.64 Å². The largest absolute Gasteiger partial charge is 0.377 e. The minimum Gasteiger partial charge on any atom is -0.377 e. The summed E-state index contributed by atoms with van der Waals surface area (Å²) >= 11 is 3.40. The molecule has 0 unspecified atom stereocenters. The summed E-state index contributed by atoms with van der Waals surface area (Å²) in [6.07, 6.45) is 3.92. The van der Waals surface area contributed by atoms with Gasteiger partial charge in [-0.25, -0.2) is 0 Å². The van der Waals surface area contributed by atoms with Crippen molar-refractivity contribution in [1.82, 2.24) is 4.98 Å². The van der Waals surface area contributed by atoms with Crippen LogP contribution in [0.5, 0.6) is 0 Å². The summed E-state index contributed by atoms with van der Waals surface area (Å²) in [7, 11) is 2.03. The molecule has 0 amide bonds. The number of anilines is 1. The monoisotopic (exact) mass is 272 g/mol. The molecule has 4 heteroatoms. The van der Waals surface area contributed by atoms with Crippen LogP contribution in [0, 0.1) is 0 Å². The number of pyridine rings is 1. The highest BCUT2D eigenvalue weighted by atomic mass is 79.9. The number of aromatic nitrogens is 1. The fourth-order valence-corrected chi connectivity index (χ4v) is 1.52. The van der Waals surface area contributed by atoms with Crippen molar-refractivity contribution in [2.24, 2.45) is 0 Å². The highest BCUT2D eigenvalue weighted by Gasteiger charge is 2.02. The molecular formula is C11H17BrN2O. The number of ether oxygens (including phenoxy) is 1. The number of nitrogens with zero attached hydrogens (tertiary/aromatic N) is 2. The van der Waals surface area contributed by atoms with Gasteiger partial charge in [0.15, 0.2) is 0 Å². The van der Waals surface area contributed by atoms with Crippen LogP contribution in [0.1, 0.15) is 13.8 Å². The molecule has 1 aromatic rings. The molecule has 0 saturated carbocycles. The SMILES string of the molecule is CC(C)OCCN(C)c1cncc(Br)c1. The van der Waals surface area contributed by atoms with Crippen molar-refractivity contribution in [3.05, 3.63) is 22.9 Å². The summed E-state index contributed by atoms with van der Waals surface area (Å²) in [4.78, 5) is 6.24. The Labute approximate surface area is 99.6 Å². The van der Waals surface area contributed by atoms with Gasteiger partial charge in [-0.05, 0) is 35.8 Å². The lowest BCUT2D eigenvalue weighted by atomic mass is 10.4. The Balaban J connectivity index is 2.43. The van der Waals surface area contributed by atoms with Crippen molar-refractivity contribution in [1.29, 1.82) is 0 Å². The maximum Gasteiger partial charge on any atom is 0.0644 e. The number of rotatable bonds is 5. The van der Waals surface area contributed by atoms with Gasteiger partial charge in [0.05, 0.1) is 24.6 Å². The smallest absolute Gasteiger partial charge is 0.0644 e. The first kappa shape index (κ1) is 12.5. The molecule has 1 aromatic heterocycles. The van der Waals surface area contributed by atoms with E-state index >= 15 is 0 Å². The first-order valence-electron chi connectivity index (χ1n) is 5.03. The lowest BCUT2D eigenvalue weighted by molar-refractivity contribution is 0.0846. The Morgan fingerprint density at radius 2 is 2.20 bits per heavy atom. The van der Waals surface area contributed by atoms with Crippen LogP contribution < -0.4 is 4.90 Å². The number of likely N-dealkylation sites (N-methyl/N-ethyl adjacent to an activating group) is 1. The third-order valence-electron chi connectivity index (χ3n) is 2.01. The fraction of sp³-hybridized carbons (Fsp3) is 0.545. The molecule has 1 heterocycles. The van der Waals surface area contributed by atoms with Crippen LogP contribution in [0.4, 0.5) is 5.69 Å². The van der Waals surface area contributed by atoms with Crippen molar-refractivity contribution in [2.75, 3.05) is 25.1 Å². The van der Waals surface area contributed by atoms with E-state index in [-0.39, 0.29) is 0 Å². The first-order chi connectivity index (χ1) is 7.09. The maximum absolute atomic E-state index is 5.49. The average molecular weight is 273 g/mol. The van der Waals surface area contributed by atoms with Crippen molar-refractivity contribution in [3.63, 3.8) is 0 Å². The van der Waals surface area contributed by atoms with Crippen molar-refractivity contribution in [2.45, 2.75) is 20.0 Å². The standard InChI is InChI=1S/C11H17BrN2O/c1-9(2)15-5-4-14(3)11-6-10(12)7-13-8-11/h6-9H,4-5H2,1-3H3. The molecule has 0 aliphatic heterocycles. The fourth-order valence-electron chi connectivity index (χ4n) is 1.16. The molecule has 0 spiro atoms. The molecule has 0 saturated heterocycles. The third-order valence-corrected chi connectivity index (χ3v) is 2.44. The molecule has 1 rings (SSSR count). The number of halogens is 1. The highest BCUT2D eigenvalue weighted by Crippen LogP contribution is 2.16. The van der Waals surface area contributed by atoms with E-state index < -0.39 is 0 Å². The topological polar surface area (TPSA) is 25.4 Å².